The molecule has 1 fully saturated rings. The molecular formula is C11H7N3O3S. The average Bonchev–Trinajstić information content (AvgIpc) is 2.77. The van der Waals surface area contributed by atoms with Crippen molar-refractivity contribution in [3.05, 3.63) is 41.0 Å². The number of carbonyl (C=O) groups is 2. The molecule has 1 amide bonds. The van der Waals surface area contributed by atoms with Crippen molar-refractivity contribution in [3.8, 4) is 0 Å². The Morgan fingerprint density at radius 3 is 3.06 bits per heavy atom. The summed E-state index contributed by atoms with van der Waals surface area (Å²) in [4.78, 5) is 31.8. The Morgan fingerprint density at radius 1 is 1.56 bits per heavy atom. The molecule has 1 atom stereocenters. The molecule has 0 unspecified atom stereocenters. The van der Waals surface area contributed by atoms with Crippen LogP contribution in [0.15, 0.2) is 35.3 Å². The Kier molecular flexibility index (Phi) is 2.41. The van der Waals surface area contributed by atoms with Crippen LogP contribution in [0.5, 0.6) is 0 Å². The maximum Gasteiger partial charge on any atom is 0.353 e. The number of aliphatic carboxylic acids is 1. The third-order valence-electron chi connectivity index (χ3n) is 2.66. The summed E-state index contributed by atoms with van der Waals surface area (Å²) in [5.74, 6) is -1.36. The van der Waals surface area contributed by atoms with Crippen LogP contribution in [0.4, 0.5) is 0 Å². The first-order valence-electron chi connectivity index (χ1n) is 5.08. The van der Waals surface area contributed by atoms with Gasteiger partial charge in [0.1, 0.15) is 17.4 Å². The van der Waals surface area contributed by atoms with E-state index in [0.29, 0.717) is 11.3 Å². The average molecular weight is 261 g/mol. The third-order valence-corrected chi connectivity index (χ3v) is 3.74. The van der Waals surface area contributed by atoms with Gasteiger partial charge in [0, 0.05) is 11.6 Å². The van der Waals surface area contributed by atoms with Gasteiger partial charge >= 0.3 is 5.97 Å². The fraction of sp³-hybridized carbons (Fsp3) is 0.0909. The van der Waals surface area contributed by atoms with Crippen molar-refractivity contribution in [2.75, 3.05) is 0 Å². The lowest BCUT2D eigenvalue weighted by Crippen LogP contribution is -2.51. The van der Waals surface area contributed by atoms with Gasteiger partial charge in [0.05, 0.1) is 11.3 Å². The second-order valence-corrected chi connectivity index (χ2v) is 4.66. The molecule has 0 aromatic carbocycles. The molecule has 90 valence electrons. The van der Waals surface area contributed by atoms with Gasteiger partial charge in [-0.15, -0.1) is 11.8 Å². The number of carboxylic acid groups (broad SMARTS) is 1. The Balaban J connectivity index is 1.87. The molecule has 0 aliphatic carbocycles. The smallest absolute Gasteiger partial charge is 0.353 e. The Hall–Kier alpha value is -2.15. The van der Waals surface area contributed by atoms with Crippen molar-refractivity contribution in [1.82, 2.24) is 14.9 Å². The number of hydrogen-bond acceptors (Lipinski definition) is 5. The lowest BCUT2D eigenvalue weighted by atomic mass is 10.0. The molecule has 3 heterocycles. The zero-order valence-corrected chi connectivity index (χ0v) is 9.79. The topological polar surface area (TPSA) is 83.4 Å². The van der Waals surface area contributed by atoms with Crippen molar-refractivity contribution in [1.29, 1.82) is 0 Å². The van der Waals surface area contributed by atoms with E-state index in [1.54, 1.807) is 18.3 Å². The van der Waals surface area contributed by atoms with Crippen molar-refractivity contribution in [2.24, 2.45) is 0 Å². The van der Waals surface area contributed by atoms with Gasteiger partial charge in [-0.25, -0.2) is 14.8 Å². The molecule has 2 aliphatic heterocycles. The van der Waals surface area contributed by atoms with Gasteiger partial charge in [0.15, 0.2) is 0 Å². The maximum atomic E-state index is 11.9. The number of carbonyl (C=O) groups excluding carboxylic acids is 1. The summed E-state index contributed by atoms with van der Waals surface area (Å²) in [5, 5.41) is 10.2. The molecule has 6 nitrogen and oxygen atoms in total. The van der Waals surface area contributed by atoms with Gasteiger partial charge in [-0.05, 0) is 12.1 Å². The predicted octanol–water partition coefficient (Wildman–Crippen LogP) is 0.701. The van der Waals surface area contributed by atoms with Gasteiger partial charge in [-0.1, -0.05) is 0 Å². The highest BCUT2D eigenvalue weighted by molar-refractivity contribution is 8.03. The predicted molar refractivity (Wildman–Crippen MR) is 64.0 cm³/mol. The summed E-state index contributed by atoms with van der Waals surface area (Å²) in [7, 11) is 0. The standard InChI is InChI=1S/C11H7N3O3S/c15-9-7(3-6-1-2-12-5-13-6)10-14(9)8(4-18-10)11(16)17/h1-5,10H,(H,16,17)/t10-/m1/s1. The number of aromatic nitrogens is 2. The molecule has 1 N–H and O–H groups in total. The van der Waals surface area contributed by atoms with E-state index in [1.807, 2.05) is 0 Å². The quantitative estimate of drug-likeness (QED) is 0.623. The van der Waals surface area contributed by atoms with Crippen molar-refractivity contribution < 1.29 is 14.7 Å². The normalized spacial score (nSPS) is 23.7. The highest BCUT2D eigenvalue weighted by Gasteiger charge is 2.49. The number of thioether (sulfide) groups is 1. The van der Waals surface area contributed by atoms with Crippen LogP contribution in [-0.4, -0.2) is 37.2 Å². The summed E-state index contributed by atoms with van der Waals surface area (Å²) < 4.78 is 0. The molecule has 3 rings (SSSR count). The SMILES string of the molecule is O=C(O)C1=CS[C@@H]2C(=Cc3ccncn3)C(=O)N12. The first-order valence-corrected chi connectivity index (χ1v) is 6.03. The molecule has 0 bridgehead atoms. The lowest BCUT2D eigenvalue weighted by Gasteiger charge is -2.37. The summed E-state index contributed by atoms with van der Waals surface area (Å²) in [5.41, 5.74) is 1.23. The van der Waals surface area contributed by atoms with Crippen LogP contribution in [0.1, 0.15) is 5.69 Å². The van der Waals surface area contributed by atoms with Crippen molar-refractivity contribution >= 4 is 29.7 Å². The minimum atomic E-state index is -1.08. The number of nitrogens with zero attached hydrogens (tertiary/aromatic N) is 3. The zero-order valence-electron chi connectivity index (χ0n) is 8.98. The molecule has 18 heavy (non-hydrogen) atoms. The van der Waals surface area contributed by atoms with Gasteiger partial charge in [0.2, 0.25) is 0 Å². The van der Waals surface area contributed by atoms with E-state index < -0.39 is 5.97 Å². The Bertz CT molecular complexity index is 597. The number of hydrogen-bond donors (Lipinski definition) is 1. The molecule has 1 aromatic rings. The summed E-state index contributed by atoms with van der Waals surface area (Å²) in [6.07, 6.45) is 4.65. The molecule has 0 radical (unpaired) electrons. The number of fused-ring (bicyclic) bond motifs is 1. The van der Waals surface area contributed by atoms with E-state index >= 15 is 0 Å². The van der Waals surface area contributed by atoms with Crippen molar-refractivity contribution in [2.45, 2.75) is 5.37 Å². The highest BCUT2D eigenvalue weighted by atomic mass is 32.2. The van der Waals surface area contributed by atoms with Gasteiger partial charge in [-0.3, -0.25) is 9.69 Å². The van der Waals surface area contributed by atoms with Gasteiger partial charge in [-0.2, -0.15) is 0 Å². The number of amides is 1. The van der Waals surface area contributed by atoms with Crippen LogP contribution in [0.2, 0.25) is 0 Å². The summed E-state index contributed by atoms with van der Waals surface area (Å²) in [6, 6.07) is 1.69. The molecule has 0 saturated carbocycles. The molecule has 1 saturated heterocycles. The van der Waals surface area contributed by atoms with E-state index in [1.165, 1.54) is 28.4 Å². The summed E-state index contributed by atoms with van der Waals surface area (Å²) >= 11 is 1.31. The van der Waals surface area contributed by atoms with E-state index in [9.17, 15) is 9.59 Å². The zero-order chi connectivity index (χ0) is 12.7. The van der Waals surface area contributed by atoms with Crippen LogP contribution in [0.25, 0.3) is 6.08 Å². The molecule has 1 aromatic heterocycles. The summed E-state index contributed by atoms with van der Waals surface area (Å²) in [6.45, 7) is 0. The van der Waals surface area contributed by atoms with Crippen LogP contribution in [0.3, 0.4) is 0 Å². The number of β-lactam (4-membered cyclic amide) rings is 1. The second kappa shape index (κ2) is 3.95. The lowest BCUT2D eigenvalue weighted by molar-refractivity contribution is -0.141. The van der Waals surface area contributed by atoms with E-state index in [2.05, 4.69) is 9.97 Å². The maximum absolute atomic E-state index is 11.9. The Labute approximate surface area is 106 Å². The first-order chi connectivity index (χ1) is 8.68. The van der Waals surface area contributed by atoms with E-state index in [-0.39, 0.29) is 17.0 Å². The van der Waals surface area contributed by atoms with E-state index in [4.69, 9.17) is 5.11 Å². The number of rotatable bonds is 2. The molecule has 7 heteroatoms. The number of carboxylic acids is 1. The molecular weight excluding hydrogens is 254 g/mol. The minimum absolute atomic E-state index is 0.0369. The largest absolute Gasteiger partial charge is 0.477 e. The van der Waals surface area contributed by atoms with Crippen LogP contribution >= 0.6 is 11.8 Å². The highest BCUT2D eigenvalue weighted by Crippen LogP contribution is 2.44. The van der Waals surface area contributed by atoms with E-state index in [0.717, 1.165) is 0 Å². The van der Waals surface area contributed by atoms with Gasteiger partial charge < -0.3 is 5.11 Å². The second-order valence-electron chi connectivity index (χ2n) is 3.71. The fourth-order valence-electron chi connectivity index (χ4n) is 1.81. The van der Waals surface area contributed by atoms with Crippen LogP contribution in [-0.2, 0) is 9.59 Å². The van der Waals surface area contributed by atoms with Crippen LogP contribution < -0.4 is 0 Å². The van der Waals surface area contributed by atoms with Crippen molar-refractivity contribution in [3.63, 3.8) is 0 Å². The molecule has 2 aliphatic rings. The fourth-order valence-corrected chi connectivity index (χ4v) is 2.93. The minimum Gasteiger partial charge on any atom is -0.477 e. The third kappa shape index (κ3) is 1.52. The molecule has 0 spiro atoms. The monoisotopic (exact) mass is 261 g/mol. The first kappa shape index (κ1) is 11.0. The van der Waals surface area contributed by atoms with Gasteiger partial charge in [0.25, 0.3) is 5.91 Å². The Morgan fingerprint density at radius 2 is 2.39 bits per heavy atom. The van der Waals surface area contributed by atoms with Crippen LogP contribution in [0, 0.1) is 0 Å².